The Morgan fingerprint density at radius 1 is 1.00 bits per heavy atom. The average molecular weight is 361 g/mol. The summed E-state index contributed by atoms with van der Waals surface area (Å²) < 4.78 is 0. The van der Waals surface area contributed by atoms with E-state index < -0.39 is 15.5 Å². The van der Waals surface area contributed by atoms with Crippen LogP contribution in [-0.2, 0) is 0 Å². The Hall–Kier alpha value is -3.27. The zero-order valence-electron chi connectivity index (χ0n) is 13.4. The number of non-ortho nitro benzene ring substituents is 1. The molecule has 25 heavy (non-hydrogen) atoms. The van der Waals surface area contributed by atoms with Gasteiger partial charge in [0, 0.05) is 11.8 Å². The summed E-state index contributed by atoms with van der Waals surface area (Å²) in [7, 11) is 0. The third-order valence-electron chi connectivity index (χ3n) is 3.18. The minimum atomic E-state index is -0.711. The molecular weight excluding hydrogens is 346 g/mol. The molecule has 0 amide bonds. The zero-order valence-corrected chi connectivity index (χ0v) is 14.2. The number of thiocarbonyl (C=S) groups is 1. The van der Waals surface area contributed by atoms with Crippen molar-refractivity contribution < 1.29 is 9.85 Å². The van der Waals surface area contributed by atoms with Crippen molar-refractivity contribution >= 4 is 40.1 Å². The lowest BCUT2D eigenvalue weighted by Gasteiger charge is -2.13. The van der Waals surface area contributed by atoms with Gasteiger partial charge in [0.15, 0.2) is 5.11 Å². The number of anilines is 2. The van der Waals surface area contributed by atoms with Crippen molar-refractivity contribution in [1.29, 1.82) is 0 Å². The maximum Gasteiger partial charge on any atom is 0.300 e. The number of nitro benzene ring substituents is 2. The second-order valence-corrected chi connectivity index (χ2v) is 5.70. The standard InChI is InChI=1S/C15H15N5O4S/c1-9-5-10(2)7-11(6-9)16-15(25)18-17-13-4-3-12(19(21)22)8-14(13)20(23)24/h3-8,17H,1-2H3,(H2,16,18,25). The Morgan fingerprint density at radius 2 is 1.64 bits per heavy atom. The number of hydrogen-bond acceptors (Lipinski definition) is 6. The van der Waals surface area contributed by atoms with E-state index in [0.29, 0.717) is 0 Å². The Kier molecular flexibility index (Phi) is 5.45. The van der Waals surface area contributed by atoms with E-state index >= 15 is 0 Å². The van der Waals surface area contributed by atoms with Crippen LogP contribution in [0.15, 0.2) is 36.4 Å². The van der Waals surface area contributed by atoms with E-state index in [1.165, 1.54) is 6.07 Å². The minimum Gasteiger partial charge on any atom is -0.331 e. The molecule has 0 bridgehead atoms. The van der Waals surface area contributed by atoms with Crippen molar-refractivity contribution in [3.8, 4) is 0 Å². The fourth-order valence-corrected chi connectivity index (χ4v) is 2.39. The highest BCUT2D eigenvalue weighted by Gasteiger charge is 2.19. The first-order valence-corrected chi connectivity index (χ1v) is 7.51. The maximum atomic E-state index is 11.1. The van der Waals surface area contributed by atoms with Crippen LogP contribution < -0.4 is 16.2 Å². The number of nitrogens with zero attached hydrogens (tertiary/aromatic N) is 2. The Bertz CT molecular complexity index is 836. The summed E-state index contributed by atoms with van der Waals surface area (Å²) in [5.74, 6) is 0. The summed E-state index contributed by atoms with van der Waals surface area (Å²) in [5, 5.41) is 24.9. The lowest BCUT2D eigenvalue weighted by molar-refractivity contribution is -0.393. The van der Waals surface area contributed by atoms with Gasteiger partial charge in [0.1, 0.15) is 5.69 Å². The molecule has 0 aliphatic heterocycles. The minimum absolute atomic E-state index is 0.0557. The number of benzene rings is 2. The van der Waals surface area contributed by atoms with Crippen LogP contribution in [0.2, 0.25) is 0 Å². The fourth-order valence-electron chi connectivity index (χ4n) is 2.22. The van der Waals surface area contributed by atoms with Gasteiger partial charge in [-0.3, -0.25) is 31.1 Å². The van der Waals surface area contributed by atoms with Crippen molar-refractivity contribution in [2.45, 2.75) is 13.8 Å². The van der Waals surface area contributed by atoms with E-state index in [0.717, 1.165) is 28.9 Å². The van der Waals surface area contributed by atoms with Crippen molar-refractivity contribution in [3.63, 3.8) is 0 Å². The second kappa shape index (κ2) is 7.53. The molecule has 0 unspecified atom stereocenters. The van der Waals surface area contributed by atoms with E-state index in [1.54, 1.807) is 0 Å². The highest BCUT2D eigenvalue weighted by Crippen LogP contribution is 2.28. The van der Waals surface area contributed by atoms with E-state index in [2.05, 4.69) is 16.2 Å². The van der Waals surface area contributed by atoms with Gasteiger partial charge in [-0.05, 0) is 55.4 Å². The monoisotopic (exact) mass is 361 g/mol. The fraction of sp³-hybridized carbons (Fsp3) is 0.133. The molecule has 2 aromatic carbocycles. The molecule has 0 saturated heterocycles. The first kappa shape index (κ1) is 18.1. The van der Waals surface area contributed by atoms with E-state index in [-0.39, 0.29) is 16.5 Å². The molecule has 0 atom stereocenters. The summed E-state index contributed by atoms with van der Waals surface area (Å²) in [4.78, 5) is 20.4. The van der Waals surface area contributed by atoms with Gasteiger partial charge in [-0.2, -0.15) is 0 Å². The molecule has 130 valence electrons. The van der Waals surface area contributed by atoms with Crippen LogP contribution >= 0.6 is 12.2 Å². The third-order valence-corrected chi connectivity index (χ3v) is 3.38. The van der Waals surface area contributed by atoms with Crippen molar-refractivity contribution in [1.82, 2.24) is 5.43 Å². The predicted molar refractivity (Wildman–Crippen MR) is 98.6 cm³/mol. The smallest absolute Gasteiger partial charge is 0.300 e. The molecule has 10 heteroatoms. The molecule has 0 fully saturated rings. The Balaban J connectivity index is 2.08. The number of hydrazine groups is 1. The molecule has 0 aliphatic carbocycles. The van der Waals surface area contributed by atoms with Gasteiger partial charge in [0.05, 0.1) is 15.9 Å². The summed E-state index contributed by atoms with van der Waals surface area (Å²) in [6, 6.07) is 9.09. The first-order chi connectivity index (χ1) is 11.8. The van der Waals surface area contributed by atoms with E-state index in [1.807, 2.05) is 32.0 Å². The first-order valence-electron chi connectivity index (χ1n) is 7.10. The van der Waals surface area contributed by atoms with Crippen LogP contribution in [0.4, 0.5) is 22.7 Å². The van der Waals surface area contributed by atoms with Crippen LogP contribution in [0.5, 0.6) is 0 Å². The molecule has 0 aromatic heterocycles. The van der Waals surface area contributed by atoms with Gasteiger partial charge < -0.3 is 5.32 Å². The zero-order chi connectivity index (χ0) is 18.6. The number of aryl methyl sites for hydroxylation is 2. The predicted octanol–water partition coefficient (Wildman–Crippen LogP) is 3.43. The van der Waals surface area contributed by atoms with E-state index in [9.17, 15) is 20.2 Å². The lowest BCUT2D eigenvalue weighted by Crippen LogP contribution is -2.33. The van der Waals surface area contributed by atoms with Crippen molar-refractivity contribution in [2.75, 3.05) is 10.7 Å². The second-order valence-electron chi connectivity index (χ2n) is 5.30. The summed E-state index contributed by atoms with van der Waals surface area (Å²) in [6.45, 7) is 3.90. The number of rotatable bonds is 5. The van der Waals surface area contributed by atoms with Gasteiger partial charge in [-0.25, -0.2) is 0 Å². The van der Waals surface area contributed by atoms with Crippen LogP contribution in [0.3, 0.4) is 0 Å². The van der Waals surface area contributed by atoms with Gasteiger partial charge in [-0.15, -0.1) is 0 Å². The molecule has 2 rings (SSSR count). The van der Waals surface area contributed by atoms with Crippen molar-refractivity contribution in [3.05, 3.63) is 67.8 Å². The highest BCUT2D eigenvalue weighted by molar-refractivity contribution is 7.80. The molecule has 2 aromatic rings. The van der Waals surface area contributed by atoms with Gasteiger partial charge in [0.2, 0.25) is 0 Å². The number of hydrogen-bond donors (Lipinski definition) is 3. The van der Waals surface area contributed by atoms with Crippen LogP contribution in [-0.4, -0.2) is 15.0 Å². The van der Waals surface area contributed by atoms with Crippen LogP contribution in [0.1, 0.15) is 11.1 Å². The molecule has 3 N–H and O–H groups in total. The SMILES string of the molecule is Cc1cc(C)cc(NC(=S)NNc2ccc([N+](=O)[O-])cc2[N+](=O)[O-])c1. The summed E-state index contributed by atoms with van der Waals surface area (Å²) >= 11 is 5.14. The highest BCUT2D eigenvalue weighted by atomic mass is 32.1. The molecule has 0 aliphatic rings. The molecule has 0 radical (unpaired) electrons. The maximum absolute atomic E-state index is 11.1. The normalized spacial score (nSPS) is 10.0. The van der Waals surface area contributed by atoms with Gasteiger partial charge in [-0.1, -0.05) is 6.07 Å². The molecule has 9 nitrogen and oxygen atoms in total. The van der Waals surface area contributed by atoms with Gasteiger partial charge >= 0.3 is 5.69 Å². The molecule has 0 spiro atoms. The van der Waals surface area contributed by atoms with Crippen LogP contribution in [0.25, 0.3) is 0 Å². The average Bonchev–Trinajstić information content (AvgIpc) is 2.51. The summed E-state index contributed by atoms with van der Waals surface area (Å²) in [6.07, 6.45) is 0. The largest absolute Gasteiger partial charge is 0.331 e. The Labute approximate surface area is 148 Å². The van der Waals surface area contributed by atoms with Gasteiger partial charge in [0.25, 0.3) is 5.69 Å². The molecule has 0 saturated carbocycles. The number of nitro groups is 2. The third kappa shape index (κ3) is 4.85. The van der Waals surface area contributed by atoms with E-state index in [4.69, 9.17) is 12.2 Å². The Morgan fingerprint density at radius 3 is 2.20 bits per heavy atom. The summed E-state index contributed by atoms with van der Waals surface area (Å²) in [5.41, 5.74) is 7.36. The molecule has 0 heterocycles. The van der Waals surface area contributed by atoms with Crippen LogP contribution in [0, 0.1) is 34.1 Å². The lowest BCUT2D eigenvalue weighted by atomic mass is 10.1. The quantitative estimate of drug-likeness (QED) is 0.420. The molecular formula is C15H15N5O4S. The van der Waals surface area contributed by atoms with Crippen molar-refractivity contribution in [2.24, 2.45) is 0 Å². The topological polar surface area (TPSA) is 122 Å². The number of nitrogens with one attached hydrogen (secondary N) is 3.